The summed E-state index contributed by atoms with van der Waals surface area (Å²) in [5, 5.41) is 6.15. The smallest absolute Gasteiger partial charge is 0.238 e. The van der Waals surface area contributed by atoms with Crippen LogP contribution in [0.1, 0.15) is 29.7 Å². The van der Waals surface area contributed by atoms with Crippen molar-refractivity contribution in [2.75, 3.05) is 17.2 Å². The minimum atomic E-state index is -0.510. The Bertz CT molecular complexity index is 1130. The lowest BCUT2D eigenvalue weighted by atomic mass is 9.95. The van der Waals surface area contributed by atoms with Crippen LogP contribution in [0, 0.1) is 5.82 Å². The molecule has 0 bridgehead atoms. The highest BCUT2D eigenvalue weighted by Gasteiger charge is 2.32. The molecular formula is C24H21ClFN3O2. The quantitative estimate of drug-likeness (QED) is 0.605. The number of hydrogen-bond donors (Lipinski definition) is 2. The lowest BCUT2D eigenvalue weighted by Gasteiger charge is -2.31. The first kappa shape index (κ1) is 21.0. The molecular weight excluding hydrogens is 417 g/mol. The number of nitrogens with one attached hydrogen (secondary N) is 2. The number of amides is 2. The molecule has 158 valence electrons. The number of nitrogens with zero attached hydrogens (tertiary/aromatic N) is 1. The topological polar surface area (TPSA) is 61.4 Å². The minimum absolute atomic E-state index is 0.0821. The number of halogens is 2. The molecule has 1 atom stereocenters. The standard InChI is InChI=1S/C24H21ClFN3O2/c1-15(30)27-18-9-6-16(7-10-18)13-29-14-23(31)28-22-11-8-17(25)12-20(22)24(29)19-4-2-3-5-21(19)26/h2-12,24H,13-14H2,1H3,(H,27,30)(H,28,31). The fourth-order valence-electron chi connectivity index (χ4n) is 3.88. The van der Waals surface area contributed by atoms with Crippen LogP contribution >= 0.6 is 11.6 Å². The van der Waals surface area contributed by atoms with Crippen molar-refractivity contribution in [2.45, 2.75) is 19.5 Å². The third-order valence-corrected chi connectivity index (χ3v) is 5.39. The van der Waals surface area contributed by atoms with Crippen molar-refractivity contribution in [3.63, 3.8) is 0 Å². The van der Waals surface area contributed by atoms with Gasteiger partial charge < -0.3 is 10.6 Å². The number of rotatable bonds is 4. The fourth-order valence-corrected chi connectivity index (χ4v) is 4.06. The van der Waals surface area contributed by atoms with E-state index < -0.39 is 6.04 Å². The zero-order valence-electron chi connectivity index (χ0n) is 16.9. The average molecular weight is 438 g/mol. The second kappa shape index (κ2) is 8.88. The maximum Gasteiger partial charge on any atom is 0.238 e. The summed E-state index contributed by atoms with van der Waals surface area (Å²) in [5.41, 5.74) is 3.43. The van der Waals surface area contributed by atoms with Gasteiger partial charge in [-0.05, 0) is 47.5 Å². The molecule has 0 aromatic heterocycles. The van der Waals surface area contributed by atoms with Gasteiger partial charge in [0, 0.05) is 35.4 Å². The van der Waals surface area contributed by atoms with Gasteiger partial charge in [-0.25, -0.2) is 4.39 Å². The highest BCUT2D eigenvalue weighted by Crippen LogP contribution is 2.38. The van der Waals surface area contributed by atoms with E-state index in [1.54, 1.807) is 48.5 Å². The maximum atomic E-state index is 14.9. The lowest BCUT2D eigenvalue weighted by Crippen LogP contribution is -2.34. The van der Waals surface area contributed by atoms with E-state index >= 15 is 0 Å². The van der Waals surface area contributed by atoms with Crippen LogP contribution in [0.3, 0.4) is 0 Å². The van der Waals surface area contributed by atoms with Crippen LogP contribution in [0.2, 0.25) is 5.02 Å². The maximum absolute atomic E-state index is 14.9. The van der Waals surface area contributed by atoms with E-state index in [2.05, 4.69) is 10.6 Å². The molecule has 4 rings (SSSR count). The normalized spacial score (nSPS) is 16.2. The molecule has 1 heterocycles. The van der Waals surface area contributed by atoms with Crippen molar-refractivity contribution >= 4 is 34.8 Å². The molecule has 3 aromatic carbocycles. The molecule has 1 unspecified atom stereocenters. The van der Waals surface area contributed by atoms with Crippen molar-refractivity contribution in [1.82, 2.24) is 4.90 Å². The van der Waals surface area contributed by atoms with E-state index in [4.69, 9.17) is 11.6 Å². The number of fused-ring (bicyclic) bond motifs is 1. The van der Waals surface area contributed by atoms with Crippen molar-refractivity contribution in [3.05, 3.63) is 94.3 Å². The van der Waals surface area contributed by atoms with Crippen molar-refractivity contribution in [2.24, 2.45) is 0 Å². The van der Waals surface area contributed by atoms with Gasteiger partial charge in [-0.1, -0.05) is 41.9 Å². The van der Waals surface area contributed by atoms with E-state index in [9.17, 15) is 14.0 Å². The minimum Gasteiger partial charge on any atom is -0.326 e. The Balaban J connectivity index is 1.76. The first-order valence-corrected chi connectivity index (χ1v) is 10.2. The largest absolute Gasteiger partial charge is 0.326 e. The van der Waals surface area contributed by atoms with E-state index in [1.165, 1.54) is 13.0 Å². The molecule has 3 aromatic rings. The monoisotopic (exact) mass is 437 g/mol. The van der Waals surface area contributed by atoms with Gasteiger partial charge in [-0.3, -0.25) is 14.5 Å². The molecule has 0 aliphatic carbocycles. The average Bonchev–Trinajstić information content (AvgIpc) is 2.85. The van der Waals surface area contributed by atoms with Crippen LogP contribution in [0.4, 0.5) is 15.8 Å². The van der Waals surface area contributed by atoms with Crippen LogP contribution in [-0.4, -0.2) is 23.3 Å². The third kappa shape index (κ3) is 4.76. The van der Waals surface area contributed by atoms with Gasteiger partial charge in [0.2, 0.25) is 11.8 Å². The van der Waals surface area contributed by atoms with Gasteiger partial charge in [0.1, 0.15) is 5.82 Å². The Kier molecular flexibility index (Phi) is 6.02. The number of benzene rings is 3. The molecule has 0 saturated heterocycles. The third-order valence-electron chi connectivity index (χ3n) is 5.15. The Hall–Kier alpha value is -3.22. The second-order valence-electron chi connectivity index (χ2n) is 7.49. The SMILES string of the molecule is CC(=O)Nc1ccc(CN2CC(=O)Nc3ccc(Cl)cc3C2c2ccccc2F)cc1. The van der Waals surface area contributed by atoms with Crippen molar-refractivity contribution < 1.29 is 14.0 Å². The van der Waals surface area contributed by atoms with Crippen LogP contribution in [0.25, 0.3) is 0 Å². The summed E-state index contributed by atoms with van der Waals surface area (Å²) in [5.74, 6) is -0.680. The molecule has 0 radical (unpaired) electrons. The van der Waals surface area contributed by atoms with Gasteiger partial charge in [0.05, 0.1) is 12.6 Å². The summed E-state index contributed by atoms with van der Waals surface area (Å²) in [6.07, 6.45) is 0. The van der Waals surface area contributed by atoms with Gasteiger partial charge in [-0.2, -0.15) is 0 Å². The number of hydrogen-bond acceptors (Lipinski definition) is 3. The Morgan fingerprint density at radius 1 is 1.13 bits per heavy atom. The highest BCUT2D eigenvalue weighted by atomic mass is 35.5. The van der Waals surface area contributed by atoms with Gasteiger partial charge in [0.15, 0.2) is 0 Å². The summed E-state index contributed by atoms with van der Waals surface area (Å²) in [4.78, 5) is 25.8. The first-order valence-electron chi connectivity index (χ1n) is 9.85. The number of anilines is 2. The Labute approximate surface area is 184 Å². The molecule has 0 spiro atoms. The molecule has 31 heavy (non-hydrogen) atoms. The predicted molar refractivity (Wildman–Crippen MR) is 119 cm³/mol. The van der Waals surface area contributed by atoms with Gasteiger partial charge in [0.25, 0.3) is 0 Å². The van der Waals surface area contributed by atoms with E-state index in [1.807, 2.05) is 17.0 Å². The summed E-state index contributed by atoms with van der Waals surface area (Å²) < 4.78 is 14.9. The molecule has 2 amide bonds. The van der Waals surface area contributed by atoms with Gasteiger partial charge in [-0.15, -0.1) is 0 Å². The summed E-state index contributed by atoms with van der Waals surface area (Å²) in [6.45, 7) is 1.93. The van der Waals surface area contributed by atoms with Crippen molar-refractivity contribution in [3.8, 4) is 0 Å². The first-order chi connectivity index (χ1) is 14.9. The molecule has 2 N–H and O–H groups in total. The van der Waals surface area contributed by atoms with Crippen LogP contribution < -0.4 is 10.6 Å². The molecule has 1 aliphatic rings. The molecule has 0 saturated carbocycles. The van der Waals surface area contributed by atoms with E-state index in [0.29, 0.717) is 28.5 Å². The zero-order chi connectivity index (χ0) is 22.0. The molecule has 0 fully saturated rings. The highest BCUT2D eigenvalue weighted by molar-refractivity contribution is 6.30. The zero-order valence-corrected chi connectivity index (χ0v) is 17.6. The van der Waals surface area contributed by atoms with Crippen LogP contribution in [0.15, 0.2) is 66.7 Å². The Morgan fingerprint density at radius 3 is 2.58 bits per heavy atom. The van der Waals surface area contributed by atoms with Crippen molar-refractivity contribution in [1.29, 1.82) is 0 Å². The lowest BCUT2D eigenvalue weighted by molar-refractivity contribution is -0.117. The van der Waals surface area contributed by atoms with E-state index in [-0.39, 0.29) is 24.2 Å². The van der Waals surface area contributed by atoms with Gasteiger partial charge >= 0.3 is 0 Å². The molecule has 1 aliphatic heterocycles. The number of carbonyl (C=O) groups excluding carboxylic acids is 2. The fraction of sp³-hybridized carbons (Fsp3) is 0.167. The van der Waals surface area contributed by atoms with E-state index in [0.717, 1.165) is 11.1 Å². The summed E-state index contributed by atoms with van der Waals surface area (Å²) >= 11 is 6.27. The summed E-state index contributed by atoms with van der Waals surface area (Å²) in [6, 6.07) is 18.6. The molecule has 7 heteroatoms. The van der Waals surface area contributed by atoms with Crippen LogP contribution in [0.5, 0.6) is 0 Å². The second-order valence-corrected chi connectivity index (χ2v) is 7.92. The van der Waals surface area contributed by atoms with Crippen LogP contribution in [-0.2, 0) is 16.1 Å². The Morgan fingerprint density at radius 2 is 1.87 bits per heavy atom. The summed E-state index contributed by atoms with van der Waals surface area (Å²) in [7, 11) is 0. The predicted octanol–water partition coefficient (Wildman–Crippen LogP) is 4.98. The number of carbonyl (C=O) groups is 2. The molecule has 5 nitrogen and oxygen atoms in total.